The molecule has 1 aliphatic heterocycles. The van der Waals surface area contributed by atoms with E-state index in [1.54, 1.807) is 0 Å². The maximum absolute atomic E-state index is 12.2. The molecule has 1 saturated heterocycles. The van der Waals surface area contributed by atoms with Gasteiger partial charge in [-0.1, -0.05) is 41.7 Å². The maximum Gasteiger partial charge on any atom is 0.240 e. The van der Waals surface area contributed by atoms with Gasteiger partial charge >= 0.3 is 0 Å². The van der Waals surface area contributed by atoms with E-state index in [-0.39, 0.29) is 17.7 Å². The third-order valence-electron chi connectivity index (χ3n) is 4.27. The summed E-state index contributed by atoms with van der Waals surface area (Å²) in [5.74, 6) is -0.424. The second-order valence-corrected chi connectivity index (χ2v) is 7.23. The quantitative estimate of drug-likeness (QED) is 0.809. The Balaban J connectivity index is 1.46. The number of amides is 2. The summed E-state index contributed by atoms with van der Waals surface area (Å²) in [4.78, 5) is 25.4. The zero-order valence-corrected chi connectivity index (χ0v) is 14.7. The summed E-state index contributed by atoms with van der Waals surface area (Å²) in [6.45, 7) is 1.70. The maximum atomic E-state index is 12.2. The lowest BCUT2D eigenvalue weighted by Gasteiger charge is -2.29. The lowest BCUT2D eigenvalue weighted by atomic mass is 9.96. The van der Waals surface area contributed by atoms with Gasteiger partial charge in [-0.05, 0) is 31.5 Å². The minimum Gasteiger partial charge on any atom is -0.369 e. The molecule has 1 aromatic carbocycles. The van der Waals surface area contributed by atoms with Crippen LogP contribution in [0.5, 0.6) is 0 Å². The molecule has 0 bridgehead atoms. The molecule has 0 spiro atoms. The molecule has 1 aromatic heterocycles. The number of nitrogens with one attached hydrogen (secondary N) is 1. The van der Waals surface area contributed by atoms with Gasteiger partial charge in [-0.3, -0.25) is 19.8 Å². The van der Waals surface area contributed by atoms with Gasteiger partial charge in [-0.15, -0.1) is 10.2 Å². The number of carbonyl (C=O) groups is 2. The Hall–Kier alpha value is -2.32. The average Bonchev–Trinajstić information content (AvgIpc) is 3.03. The van der Waals surface area contributed by atoms with Crippen LogP contribution in [0.3, 0.4) is 0 Å². The first-order chi connectivity index (χ1) is 12.1. The molecular weight excluding hydrogens is 338 g/mol. The van der Waals surface area contributed by atoms with Gasteiger partial charge in [0.2, 0.25) is 16.9 Å². The highest BCUT2D eigenvalue weighted by atomic mass is 32.1. The highest BCUT2D eigenvalue weighted by molar-refractivity contribution is 7.15. The van der Waals surface area contributed by atoms with Crippen molar-refractivity contribution in [2.24, 2.45) is 11.7 Å². The van der Waals surface area contributed by atoms with Gasteiger partial charge in [0.15, 0.2) is 0 Å². The van der Waals surface area contributed by atoms with Crippen LogP contribution in [0, 0.1) is 5.92 Å². The van der Waals surface area contributed by atoms with Crippen molar-refractivity contribution in [3.8, 4) is 0 Å². The van der Waals surface area contributed by atoms with Crippen LogP contribution >= 0.6 is 11.3 Å². The number of nitrogens with two attached hydrogens (primary N) is 1. The van der Waals surface area contributed by atoms with Gasteiger partial charge in [0.1, 0.15) is 5.01 Å². The number of carbonyl (C=O) groups excluding carboxylic acids is 2. The van der Waals surface area contributed by atoms with Crippen LogP contribution in [-0.4, -0.2) is 46.5 Å². The van der Waals surface area contributed by atoms with Crippen molar-refractivity contribution in [1.29, 1.82) is 0 Å². The number of rotatable bonds is 6. The fraction of sp³-hybridized carbons (Fsp3) is 0.412. The van der Waals surface area contributed by atoms with Crippen LogP contribution < -0.4 is 11.1 Å². The van der Waals surface area contributed by atoms with E-state index in [2.05, 4.69) is 15.5 Å². The molecule has 2 heterocycles. The lowest BCUT2D eigenvalue weighted by molar-refractivity contribution is -0.123. The smallest absolute Gasteiger partial charge is 0.240 e. The predicted molar refractivity (Wildman–Crippen MR) is 96.1 cm³/mol. The SMILES string of the molecule is NC(=O)C1CCN(CC(=O)Nc2nnc(Cc3ccccc3)s2)CC1. The minimum absolute atomic E-state index is 0.0666. The number of anilines is 1. The van der Waals surface area contributed by atoms with Crippen molar-refractivity contribution < 1.29 is 9.59 Å². The third kappa shape index (κ3) is 5.07. The molecule has 7 nitrogen and oxygen atoms in total. The normalized spacial score (nSPS) is 15.8. The van der Waals surface area contributed by atoms with Gasteiger partial charge in [0, 0.05) is 12.3 Å². The molecule has 25 heavy (non-hydrogen) atoms. The number of primary amides is 1. The summed E-state index contributed by atoms with van der Waals surface area (Å²) >= 11 is 1.39. The van der Waals surface area contributed by atoms with Crippen molar-refractivity contribution in [3.63, 3.8) is 0 Å². The molecular formula is C17H21N5O2S. The second-order valence-electron chi connectivity index (χ2n) is 6.16. The highest BCUT2D eigenvalue weighted by Crippen LogP contribution is 2.19. The van der Waals surface area contributed by atoms with E-state index in [1.807, 2.05) is 35.2 Å². The van der Waals surface area contributed by atoms with Crippen LogP contribution in [0.4, 0.5) is 5.13 Å². The summed E-state index contributed by atoms with van der Waals surface area (Å²) in [5, 5.41) is 12.4. The van der Waals surface area contributed by atoms with Gasteiger partial charge in [-0.2, -0.15) is 0 Å². The van der Waals surface area contributed by atoms with Crippen molar-refractivity contribution in [2.45, 2.75) is 19.3 Å². The van der Waals surface area contributed by atoms with Gasteiger partial charge in [0.25, 0.3) is 0 Å². The molecule has 3 N–H and O–H groups in total. The molecule has 0 unspecified atom stereocenters. The summed E-state index contributed by atoms with van der Waals surface area (Å²) in [7, 11) is 0. The Bertz CT molecular complexity index is 726. The van der Waals surface area contributed by atoms with Crippen LogP contribution in [0.1, 0.15) is 23.4 Å². The van der Waals surface area contributed by atoms with E-state index in [0.29, 0.717) is 44.0 Å². The number of hydrogen-bond acceptors (Lipinski definition) is 6. The Morgan fingerprint density at radius 3 is 2.60 bits per heavy atom. The second kappa shape index (κ2) is 8.17. The first kappa shape index (κ1) is 17.5. The van der Waals surface area contributed by atoms with Crippen LogP contribution in [-0.2, 0) is 16.0 Å². The van der Waals surface area contributed by atoms with E-state index in [9.17, 15) is 9.59 Å². The van der Waals surface area contributed by atoms with Crippen molar-refractivity contribution in [1.82, 2.24) is 15.1 Å². The number of likely N-dealkylation sites (tertiary alicyclic amines) is 1. The first-order valence-electron chi connectivity index (χ1n) is 8.28. The first-order valence-corrected chi connectivity index (χ1v) is 9.09. The Morgan fingerprint density at radius 1 is 1.20 bits per heavy atom. The molecule has 0 saturated carbocycles. The molecule has 0 radical (unpaired) electrons. The number of nitrogens with zero attached hydrogens (tertiary/aromatic N) is 3. The average molecular weight is 359 g/mol. The van der Waals surface area contributed by atoms with Crippen molar-refractivity contribution >= 4 is 28.3 Å². The lowest BCUT2D eigenvalue weighted by Crippen LogP contribution is -2.42. The fourth-order valence-electron chi connectivity index (χ4n) is 2.88. The van der Waals surface area contributed by atoms with E-state index >= 15 is 0 Å². The molecule has 2 aromatic rings. The van der Waals surface area contributed by atoms with Crippen molar-refractivity contribution in [3.05, 3.63) is 40.9 Å². The van der Waals surface area contributed by atoms with E-state index in [0.717, 1.165) is 10.6 Å². The molecule has 1 fully saturated rings. The summed E-state index contributed by atoms with van der Waals surface area (Å²) in [5.41, 5.74) is 6.48. The topological polar surface area (TPSA) is 101 Å². The standard InChI is InChI=1S/C17H21N5O2S/c18-16(24)13-6-8-22(9-7-13)11-14(23)19-17-21-20-15(25-17)10-12-4-2-1-3-5-12/h1-5,13H,6-11H2,(H2,18,24)(H,19,21,23). The molecule has 3 rings (SSSR count). The van der Waals surface area contributed by atoms with Gasteiger partial charge in [0.05, 0.1) is 6.54 Å². The number of piperidine rings is 1. The van der Waals surface area contributed by atoms with Crippen LogP contribution in [0.15, 0.2) is 30.3 Å². The zero-order valence-electron chi connectivity index (χ0n) is 13.9. The Labute approximate surface area is 150 Å². The molecule has 2 amide bonds. The largest absolute Gasteiger partial charge is 0.369 e. The zero-order chi connectivity index (χ0) is 17.6. The van der Waals surface area contributed by atoms with Gasteiger partial charge in [-0.25, -0.2) is 0 Å². The number of hydrogen-bond donors (Lipinski definition) is 2. The summed E-state index contributed by atoms with van der Waals surface area (Å²) < 4.78 is 0. The van der Waals surface area contributed by atoms with Crippen LogP contribution in [0.25, 0.3) is 0 Å². The minimum atomic E-state index is -0.246. The summed E-state index contributed by atoms with van der Waals surface area (Å²) in [6.07, 6.45) is 2.13. The van der Waals surface area contributed by atoms with Crippen molar-refractivity contribution in [2.75, 3.05) is 25.0 Å². The van der Waals surface area contributed by atoms with E-state index in [1.165, 1.54) is 11.3 Å². The van der Waals surface area contributed by atoms with Gasteiger partial charge < -0.3 is 5.73 Å². The highest BCUT2D eigenvalue weighted by Gasteiger charge is 2.24. The molecule has 8 heteroatoms. The predicted octanol–water partition coefficient (Wildman–Crippen LogP) is 1.26. The summed E-state index contributed by atoms with van der Waals surface area (Å²) in [6, 6.07) is 10.0. The molecule has 1 aliphatic rings. The monoisotopic (exact) mass is 359 g/mol. The fourth-order valence-corrected chi connectivity index (χ4v) is 3.67. The van der Waals surface area contributed by atoms with E-state index in [4.69, 9.17) is 5.73 Å². The third-order valence-corrected chi connectivity index (χ3v) is 5.11. The Kier molecular flexibility index (Phi) is 5.72. The number of benzene rings is 1. The van der Waals surface area contributed by atoms with Crippen LogP contribution in [0.2, 0.25) is 0 Å². The molecule has 132 valence electrons. The molecule has 0 aliphatic carbocycles. The Morgan fingerprint density at radius 2 is 1.92 bits per heavy atom. The number of aromatic nitrogens is 2. The van der Waals surface area contributed by atoms with E-state index < -0.39 is 0 Å². The molecule has 0 atom stereocenters.